The van der Waals surface area contributed by atoms with Gasteiger partial charge in [-0.1, -0.05) is 18.2 Å². The number of fused-ring (bicyclic) bond motifs is 1. The predicted molar refractivity (Wildman–Crippen MR) is 112 cm³/mol. The molecular weight excluding hydrogens is 438 g/mol. The number of methoxy groups -OCH3 is 1. The Morgan fingerprint density at radius 2 is 1.72 bits per heavy atom. The number of benzene rings is 1. The van der Waals surface area contributed by atoms with Crippen LogP contribution in [0.2, 0.25) is 0 Å². The highest BCUT2D eigenvalue weighted by molar-refractivity contribution is 7.94. The number of rotatable bonds is 3. The summed E-state index contributed by atoms with van der Waals surface area (Å²) in [5.41, 5.74) is -1.09. The molecule has 1 aliphatic heterocycles. The van der Waals surface area contributed by atoms with Gasteiger partial charge in [-0.3, -0.25) is 9.59 Å². The fourth-order valence-corrected chi connectivity index (χ4v) is 6.73. The maximum absolute atomic E-state index is 13.9. The van der Waals surface area contributed by atoms with Crippen molar-refractivity contribution in [3.63, 3.8) is 0 Å². The molecule has 9 nitrogen and oxygen atoms in total. The molecule has 0 spiro atoms. The number of amides is 2. The first-order valence-electron chi connectivity index (χ1n) is 9.94. The molecule has 1 heterocycles. The second-order valence-corrected chi connectivity index (χ2v) is 10.9. The molecule has 1 fully saturated rings. The first kappa shape index (κ1) is 23.6. The smallest absolute Gasteiger partial charge is 0.417 e. The molecule has 2 amide bonds. The van der Waals surface area contributed by atoms with Crippen molar-refractivity contribution in [1.82, 2.24) is 4.90 Å². The monoisotopic (exact) mass is 463 g/mol. The lowest BCUT2D eigenvalue weighted by atomic mass is 9.76. The van der Waals surface area contributed by atoms with Crippen molar-refractivity contribution in [1.29, 1.82) is 0 Å². The van der Waals surface area contributed by atoms with E-state index in [0.717, 1.165) is 13.2 Å². The number of ketones is 1. The quantitative estimate of drug-likeness (QED) is 0.624. The minimum Gasteiger partial charge on any atom is -0.467 e. The van der Waals surface area contributed by atoms with Crippen molar-refractivity contribution in [3.05, 3.63) is 42.0 Å². The number of ether oxygens (including phenoxy) is 2. The number of carbonyl (C=O) groups is 4. The highest BCUT2D eigenvalue weighted by atomic mass is 32.2. The van der Waals surface area contributed by atoms with Gasteiger partial charge in [-0.05, 0) is 51.5 Å². The van der Waals surface area contributed by atoms with Crippen LogP contribution in [0.15, 0.2) is 46.9 Å². The number of carbonyl (C=O) groups excluding carboxylic acids is 4. The molecule has 0 radical (unpaired) electrons. The van der Waals surface area contributed by atoms with Crippen LogP contribution in [-0.4, -0.2) is 60.6 Å². The molecule has 1 aromatic carbocycles. The van der Waals surface area contributed by atoms with Gasteiger partial charge in [0, 0.05) is 12.3 Å². The molecule has 32 heavy (non-hydrogen) atoms. The van der Waals surface area contributed by atoms with E-state index in [1.807, 2.05) is 0 Å². The first-order valence-corrected chi connectivity index (χ1v) is 11.4. The summed E-state index contributed by atoms with van der Waals surface area (Å²) in [5, 5.41) is 0. The van der Waals surface area contributed by atoms with Crippen LogP contribution in [-0.2, 0) is 33.7 Å². The summed E-state index contributed by atoms with van der Waals surface area (Å²) < 4.78 is 35.6. The van der Waals surface area contributed by atoms with Crippen LogP contribution >= 0.6 is 0 Å². The minimum absolute atomic E-state index is 0.0624. The lowest BCUT2D eigenvalue weighted by Crippen LogP contribution is -2.54. The Bertz CT molecular complexity index is 1120. The fraction of sp³-hybridized carbons (Fsp3) is 0.455. The summed E-state index contributed by atoms with van der Waals surface area (Å²) in [6, 6.07) is 5.60. The Kier molecular flexibility index (Phi) is 5.80. The molecule has 0 unspecified atom stereocenters. The number of imide groups is 1. The zero-order valence-corrected chi connectivity index (χ0v) is 19.3. The maximum atomic E-state index is 13.9. The number of esters is 1. The van der Waals surface area contributed by atoms with Gasteiger partial charge in [0.1, 0.15) is 11.6 Å². The lowest BCUT2D eigenvalue weighted by molar-refractivity contribution is -0.149. The van der Waals surface area contributed by atoms with Crippen molar-refractivity contribution < 1.29 is 37.1 Å². The summed E-state index contributed by atoms with van der Waals surface area (Å²) in [7, 11) is -3.44. The van der Waals surface area contributed by atoms with E-state index in [1.165, 1.54) is 31.2 Å². The molecule has 1 aromatic rings. The van der Waals surface area contributed by atoms with E-state index in [1.54, 1.807) is 26.8 Å². The summed E-state index contributed by atoms with van der Waals surface area (Å²) in [6.45, 7) is 6.04. The zero-order valence-electron chi connectivity index (χ0n) is 18.4. The van der Waals surface area contributed by atoms with Crippen molar-refractivity contribution >= 4 is 33.6 Å². The average Bonchev–Trinajstić information content (AvgIpc) is 2.96. The van der Waals surface area contributed by atoms with Crippen molar-refractivity contribution in [2.45, 2.75) is 55.4 Å². The highest BCUT2D eigenvalue weighted by Crippen LogP contribution is 2.52. The third-order valence-corrected chi connectivity index (χ3v) is 8.15. The van der Waals surface area contributed by atoms with Crippen LogP contribution in [0.3, 0.4) is 0 Å². The lowest BCUT2D eigenvalue weighted by Gasteiger charge is -2.36. The van der Waals surface area contributed by atoms with Crippen LogP contribution in [0.25, 0.3) is 0 Å². The molecule has 3 rings (SSSR count). The molecule has 172 valence electrons. The van der Waals surface area contributed by atoms with Crippen LogP contribution in [0, 0.1) is 5.92 Å². The Morgan fingerprint density at radius 3 is 2.25 bits per heavy atom. The summed E-state index contributed by atoms with van der Waals surface area (Å²) in [4.78, 5) is 52.4. The third kappa shape index (κ3) is 3.42. The largest absolute Gasteiger partial charge is 0.467 e. The van der Waals surface area contributed by atoms with E-state index in [2.05, 4.69) is 0 Å². The molecule has 0 N–H and O–H groups in total. The molecule has 0 aromatic heterocycles. The van der Waals surface area contributed by atoms with E-state index in [0.29, 0.717) is 4.90 Å². The van der Waals surface area contributed by atoms with Crippen molar-refractivity contribution in [3.8, 4) is 0 Å². The van der Waals surface area contributed by atoms with Gasteiger partial charge in [-0.15, -0.1) is 0 Å². The van der Waals surface area contributed by atoms with Gasteiger partial charge in [0.05, 0.1) is 12.0 Å². The first-order chi connectivity index (χ1) is 14.8. The summed E-state index contributed by atoms with van der Waals surface area (Å²) in [5.74, 6) is -3.99. The molecule has 1 saturated heterocycles. The van der Waals surface area contributed by atoms with Crippen LogP contribution in [0.4, 0.5) is 4.79 Å². The molecular formula is C22H25NO8S. The predicted octanol–water partition coefficient (Wildman–Crippen LogP) is 2.05. The van der Waals surface area contributed by atoms with Crippen LogP contribution < -0.4 is 0 Å². The van der Waals surface area contributed by atoms with E-state index in [9.17, 15) is 27.6 Å². The molecule has 2 aliphatic rings. The average molecular weight is 464 g/mol. The number of hydrogen-bond acceptors (Lipinski definition) is 8. The second kappa shape index (κ2) is 7.84. The van der Waals surface area contributed by atoms with Gasteiger partial charge in [0.25, 0.3) is 5.91 Å². The molecule has 3 atom stereocenters. The molecule has 0 saturated carbocycles. The standard InChI is InChI=1S/C22H25NO8S/c1-13-11-14(24)12-16-17(18(25)30-5)23(20(27)31-21(2,3)4)19(26)22(13,16)32(28,29)15-9-7-6-8-10-15/h6-11,16-17H,12H2,1-5H3/t16-,17+,22+/m1/s1. The van der Waals surface area contributed by atoms with E-state index < -0.39 is 62.3 Å². The Labute approximate surface area is 186 Å². The number of sulfone groups is 1. The Balaban J connectivity index is 2.33. The van der Waals surface area contributed by atoms with Gasteiger partial charge < -0.3 is 9.47 Å². The van der Waals surface area contributed by atoms with Gasteiger partial charge in [0.15, 0.2) is 20.4 Å². The number of allylic oxidation sites excluding steroid dienone is 1. The van der Waals surface area contributed by atoms with E-state index in [-0.39, 0.29) is 10.5 Å². The van der Waals surface area contributed by atoms with Crippen molar-refractivity contribution in [2.75, 3.05) is 7.11 Å². The fourth-order valence-electron chi connectivity index (χ4n) is 4.42. The van der Waals surface area contributed by atoms with Gasteiger partial charge in [-0.2, -0.15) is 0 Å². The molecule has 1 aliphatic carbocycles. The number of likely N-dealkylation sites (tertiary alicyclic amines) is 1. The van der Waals surface area contributed by atoms with E-state index >= 15 is 0 Å². The van der Waals surface area contributed by atoms with Crippen LogP contribution in [0.1, 0.15) is 34.1 Å². The number of nitrogens with zero attached hydrogens (tertiary/aromatic N) is 1. The number of hydrogen-bond donors (Lipinski definition) is 0. The SMILES string of the molecule is COC(=O)[C@@H]1[C@H]2CC(=O)C=C(C)[C@@]2(S(=O)(=O)c2ccccc2)C(=O)N1C(=O)OC(C)(C)C. The molecule has 0 bridgehead atoms. The Hall–Kier alpha value is -3.01. The van der Waals surface area contributed by atoms with Crippen LogP contribution in [0.5, 0.6) is 0 Å². The van der Waals surface area contributed by atoms with Gasteiger partial charge in [0.2, 0.25) is 0 Å². The normalized spacial score (nSPS) is 25.8. The van der Waals surface area contributed by atoms with Crippen molar-refractivity contribution in [2.24, 2.45) is 5.92 Å². The highest BCUT2D eigenvalue weighted by Gasteiger charge is 2.72. The molecule has 10 heteroatoms. The summed E-state index contributed by atoms with van der Waals surface area (Å²) >= 11 is 0. The van der Waals surface area contributed by atoms with E-state index in [4.69, 9.17) is 9.47 Å². The van der Waals surface area contributed by atoms with Gasteiger partial charge >= 0.3 is 12.1 Å². The zero-order chi connectivity index (χ0) is 24.1. The third-order valence-electron chi connectivity index (χ3n) is 5.61. The summed E-state index contributed by atoms with van der Waals surface area (Å²) in [6.07, 6.45) is -0.536. The van der Waals surface area contributed by atoms with Gasteiger partial charge in [-0.25, -0.2) is 22.9 Å². The topological polar surface area (TPSA) is 124 Å². The Morgan fingerprint density at radius 1 is 1.12 bits per heavy atom. The second-order valence-electron chi connectivity index (χ2n) is 8.78. The maximum Gasteiger partial charge on any atom is 0.417 e. The minimum atomic E-state index is -4.49.